The van der Waals surface area contributed by atoms with Crippen LogP contribution in [0.3, 0.4) is 0 Å². The van der Waals surface area contributed by atoms with Crippen LogP contribution in [-0.2, 0) is 0 Å². The van der Waals surface area contributed by atoms with Gasteiger partial charge in [0.1, 0.15) is 11.5 Å². The smallest absolute Gasteiger partial charge is 0.168 e. The van der Waals surface area contributed by atoms with Crippen molar-refractivity contribution in [2.75, 3.05) is 14.2 Å². The SMILES string of the molecule is COc1cccc(-c2nnc3cc(OC)ccn23)c1. The lowest BCUT2D eigenvalue weighted by molar-refractivity contribution is 0.414. The monoisotopic (exact) mass is 255 g/mol. The summed E-state index contributed by atoms with van der Waals surface area (Å²) in [6.07, 6.45) is 1.89. The minimum atomic E-state index is 0.747. The Morgan fingerprint density at radius 1 is 0.947 bits per heavy atom. The molecule has 0 amide bonds. The van der Waals surface area contributed by atoms with Crippen molar-refractivity contribution < 1.29 is 9.47 Å². The summed E-state index contributed by atoms with van der Waals surface area (Å²) in [5.41, 5.74) is 1.70. The Balaban J connectivity index is 2.14. The molecular formula is C14H13N3O2. The van der Waals surface area contributed by atoms with Gasteiger partial charge in [-0.1, -0.05) is 12.1 Å². The first-order chi connectivity index (χ1) is 9.31. The van der Waals surface area contributed by atoms with Crippen molar-refractivity contribution >= 4 is 5.65 Å². The molecule has 1 aromatic carbocycles. The molecule has 0 bridgehead atoms. The number of pyridine rings is 1. The molecule has 0 radical (unpaired) electrons. The highest BCUT2D eigenvalue weighted by atomic mass is 16.5. The van der Waals surface area contributed by atoms with E-state index in [1.165, 1.54) is 0 Å². The molecule has 5 heteroatoms. The molecule has 0 fully saturated rings. The van der Waals surface area contributed by atoms with Crippen LogP contribution in [0.15, 0.2) is 42.6 Å². The predicted molar refractivity (Wildman–Crippen MR) is 71.5 cm³/mol. The van der Waals surface area contributed by atoms with Crippen LogP contribution in [0.1, 0.15) is 0 Å². The number of benzene rings is 1. The molecule has 0 saturated heterocycles. The standard InChI is InChI=1S/C14H13N3O2/c1-18-11-5-3-4-10(8-11)14-16-15-13-9-12(19-2)6-7-17(13)14/h3-9H,1-2H3. The number of hydrogen-bond acceptors (Lipinski definition) is 4. The first-order valence-corrected chi connectivity index (χ1v) is 5.85. The predicted octanol–water partition coefficient (Wildman–Crippen LogP) is 2.41. The minimum Gasteiger partial charge on any atom is -0.497 e. The first kappa shape index (κ1) is 11.5. The summed E-state index contributed by atoms with van der Waals surface area (Å²) < 4.78 is 12.3. The Hall–Kier alpha value is -2.56. The molecule has 0 spiro atoms. The molecule has 96 valence electrons. The third-order valence-corrected chi connectivity index (χ3v) is 2.95. The molecule has 0 atom stereocenters. The van der Waals surface area contributed by atoms with Crippen LogP contribution >= 0.6 is 0 Å². The van der Waals surface area contributed by atoms with Gasteiger partial charge in [0.05, 0.1) is 14.2 Å². The Morgan fingerprint density at radius 2 is 1.74 bits per heavy atom. The van der Waals surface area contributed by atoms with Crippen LogP contribution in [0.2, 0.25) is 0 Å². The van der Waals surface area contributed by atoms with Crippen LogP contribution in [0, 0.1) is 0 Å². The van der Waals surface area contributed by atoms with E-state index in [2.05, 4.69) is 10.2 Å². The molecule has 0 N–H and O–H groups in total. The van der Waals surface area contributed by atoms with Gasteiger partial charge in [0.15, 0.2) is 11.5 Å². The summed E-state index contributed by atoms with van der Waals surface area (Å²) in [5, 5.41) is 8.37. The molecule has 0 aliphatic rings. The van der Waals surface area contributed by atoms with Crippen molar-refractivity contribution in [2.24, 2.45) is 0 Å². The fourth-order valence-corrected chi connectivity index (χ4v) is 1.96. The van der Waals surface area contributed by atoms with E-state index in [-0.39, 0.29) is 0 Å². The topological polar surface area (TPSA) is 48.7 Å². The number of methoxy groups -OCH3 is 2. The third kappa shape index (κ3) is 1.99. The van der Waals surface area contributed by atoms with Gasteiger partial charge in [-0.3, -0.25) is 4.40 Å². The molecule has 5 nitrogen and oxygen atoms in total. The quantitative estimate of drug-likeness (QED) is 0.721. The summed E-state index contributed by atoms with van der Waals surface area (Å²) in [6.45, 7) is 0. The van der Waals surface area contributed by atoms with Gasteiger partial charge in [0.25, 0.3) is 0 Å². The van der Waals surface area contributed by atoms with Crippen molar-refractivity contribution in [1.29, 1.82) is 0 Å². The molecule has 0 aliphatic heterocycles. The number of ether oxygens (including phenoxy) is 2. The molecule has 3 rings (SSSR count). The average molecular weight is 255 g/mol. The van der Waals surface area contributed by atoms with E-state index in [0.29, 0.717) is 0 Å². The van der Waals surface area contributed by atoms with Gasteiger partial charge >= 0.3 is 0 Å². The minimum absolute atomic E-state index is 0.747. The van der Waals surface area contributed by atoms with Crippen molar-refractivity contribution in [2.45, 2.75) is 0 Å². The summed E-state index contributed by atoms with van der Waals surface area (Å²) >= 11 is 0. The van der Waals surface area contributed by atoms with Crippen LogP contribution in [0.5, 0.6) is 11.5 Å². The molecule has 2 aromatic heterocycles. The van der Waals surface area contributed by atoms with E-state index < -0.39 is 0 Å². The number of nitrogens with zero attached hydrogens (tertiary/aromatic N) is 3. The maximum absolute atomic E-state index is 5.22. The van der Waals surface area contributed by atoms with E-state index in [0.717, 1.165) is 28.5 Å². The largest absolute Gasteiger partial charge is 0.497 e. The van der Waals surface area contributed by atoms with E-state index in [4.69, 9.17) is 9.47 Å². The second kappa shape index (κ2) is 4.61. The molecule has 0 saturated carbocycles. The molecule has 19 heavy (non-hydrogen) atoms. The van der Waals surface area contributed by atoms with Gasteiger partial charge in [-0.05, 0) is 18.2 Å². The maximum atomic E-state index is 5.22. The summed E-state index contributed by atoms with van der Waals surface area (Å²) in [5.74, 6) is 2.33. The molecule has 2 heterocycles. The van der Waals surface area contributed by atoms with Gasteiger partial charge in [-0.15, -0.1) is 10.2 Å². The normalized spacial score (nSPS) is 10.6. The van der Waals surface area contributed by atoms with Crippen molar-refractivity contribution in [3.63, 3.8) is 0 Å². The van der Waals surface area contributed by atoms with Gasteiger partial charge in [0.2, 0.25) is 0 Å². The van der Waals surface area contributed by atoms with Crippen molar-refractivity contribution in [1.82, 2.24) is 14.6 Å². The number of rotatable bonds is 3. The molecule has 0 unspecified atom stereocenters. The lowest BCUT2D eigenvalue weighted by Gasteiger charge is -2.04. The van der Waals surface area contributed by atoms with Gasteiger partial charge in [-0.25, -0.2) is 0 Å². The number of hydrogen-bond donors (Lipinski definition) is 0. The highest BCUT2D eigenvalue weighted by Crippen LogP contribution is 2.24. The number of fused-ring (bicyclic) bond motifs is 1. The third-order valence-electron chi connectivity index (χ3n) is 2.95. The van der Waals surface area contributed by atoms with Crippen LogP contribution < -0.4 is 9.47 Å². The maximum Gasteiger partial charge on any atom is 0.168 e. The van der Waals surface area contributed by atoms with Crippen molar-refractivity contribution in [3.8, 4) is 22.9 Å². The van der Waals surface area contributed by atoms with Crippen LogP contribution in [0.25, 0.3) is 17.0 Å². The van der Waals surface area contributed by atoms with Crippen LogP contribution in [0.4, 0.5) is 0 Å². The van der Waals surface area contributed by atoms with E-state index in [9.17, 15) is 0 Å². The van der Waals surface area contributed by atoms with E-state index in [1.807, 2.05) is 47.0 Å². The summed E-state index contributed by atoms with van der Waals surface area (Å²) in [7, 11) is 3.27. The zero-order valence-corrected chi connectivity index (χ0v) is 10.7. The summed E-state index contributed by atoms with van der Waals surface area (Å²) in [4.78, 5) is 0. The second-order valence-electron chi connectivity index (χ2n) is 4.05. The van der Waals surface area contributed by atoms with E-state index in [1.54, 1.807) is 14.2 Å². The molecular weight excluding hydrogens is 242 g/mol. The fraction of sp³-hybridized carbons (Fsp3) is 0.143. The average Bonchev–Trinajstić information content (AvgIpc) is 2.90. The number of aromatic nitrogens is 3. The Bertz CT molecular complexity index is 722. The lowest BCUT2D eigenvalue weighted by Crippen LogP contribution is -1.91. The van der Waals surface area contributed by atoms with Gasteiger partial charge in [0, 0.05) is 17.8 Å². The highest BCUT2D eigenvalue weighted by Gasteiger charge is 2.09. The molecule has 3 aromatic rings. The van der Waals surface area contributed by atoms with E-state index >= 15 is 0 Å². The van der Waals surface area contributed by atoms with Crippen molar-refractivity contribution in [3.05, 3.63) is 42.6 Å². The van der Waals surface area contributed by atoms with Gasteiger partial charge < -0.3 is 9.47 Å². The molecule has 0 aliphatic carbocycles. The van der Waals surface area contributed by atoms with Gasteiger partial charge in [-0.2, -0.15) is 0 Å². The second-order valence-corrected chi connectivity index (χ2v) is 4.05. The highest BCUT2D eigenvalue weighted by molar-refractivity contribution is 5.62. The zero-order valence-electron chi connectivity index (χ0n) is 10.7. The Kier molecular flexibility index (Phi) is 2.79. The Labute approximate surface area is 110 Å². The first-order valence-electron chi connectivity index (χ1n) is 5.85. The fourth-order valence-electron chi connectivity index (χ4n) is 1.96. The summed E-state index contributed by atoms with van der Waals surface area (Å²) in [6, 6.07) is 11.5. The lowest BCUT2D eigenvalue weighted by atomic mass is 10.2. The Morgan fingerprint density at radius 3 is 2.53 bits per heavy atom. The van der Waals surface area contributed by atoms with Crippen LogP contribution in [-0.4, -0.2) is 28.8 Å². The zero-order chi connectivity index (χ0) is 13.2.